The molecule has 3 aliphatic carbocycles. The van der Waals surface area contributed by atoms with E-state index < -0.39 is 23.5 Å². The third-order valence-corrected chi connectivity index (χ3v) is 8.10. The Morgan fingerprint density at radius 1 is 0.943 bits per heavy atom. The van der Waals surface area contributed by atoms with E-state index in [0.29, 0.717) is 12.8 Å². The van der Waals surface area contributed by atoms with Gasteiger partial charge in [-0.05, 0) is 53.9 Å². The molecule has 7 nitrogen and oxygen atoms in total. The topological polar surface area (TPSA) is 105 Å². The lowest BCUT2D eigenvalue weighted by Crippen LogP contribution is -2.58. The van der Waals surface area contributed by atoms with E-state index in [1.54, 1.807) is 0 Å². The van der Waals surface area contributed by atoms with Crippen molar-refractivity contribution in [2.45, 2.75) is 56.4 Å². The molecule has 2 amide bonds. The van der Waals surface area contributed by atoms with Gasteiger partial charge in [-0.3, -0.25) is 9.59 Å². The summed E-state index contributed by atoms with van der Waals surface area (Å²) in [6, 6.07) is 16.3. The van der Waals surface area contributed by atoms with E-state index in [1.165, 1.54) is 0 Å². The Hall–Kier alpha value is -3.35. The lowest BCUT2D eigenvalue weighted by Gasteiger charge is -2.33. The quantitative estimate of drug-likeness (QED) is 0.522. The molecule has 0 aromatic heterocycles. The predicted molar refractivity (Wildman–Crippen MR) is 131 cm³/mol. The summed E-state index contributed by atoms with van der Waals surface area (Å²) in [6.07, 6.45) is 4.87. The van der Waals surface area contributed by atoms with E-state index in [1.807, 2.05) is 24.3 Å². The first-order chi connectivity index (χ1) is 17.0. The van der Waals surface area contributed by atoms with Gasteiger partial charge >= 0.3 is 12.1 Å². The Bertz CT molecular complexity index is 1070. The zero-order valence-corrected chi connectivity index (χ0v) is 19.8. The highest BCUT2D eigenvalue weighted by Crippen LogP contribution is 2.44. The van der Waals surface area contributed by atoms with Crippen molar-refractivity contribution >= 4 is 18.0 Å². The fourth-order valence-electron chi connectivity index (χ4n) is 5.89. The molecule has 0 spiro atoms. The van der Waals surface area contributed by atoms with Crippen molar-refractivity contribution in [3.05, 3.63) is 59.7 Å². The summed E-state index contributed by atoms with van der Waals surface area (Å²) in [5.41, 5.74) is 3.52. The number of hydrogen-bond acceptors (Lipinski definition) is 4. The molecular formula is C28H32N2O5. The summed E-state index contributed by atoms with van der Waals surface area (Å²) < 4.78 is 5.68. The molecule has 0 saturated heterocycles. The second-order valence-corrected chi connectivity index (χ2v) is 10.1. The van der Waals surface area contributed by atoms with E-state index in [4.69, 9.17) is 4.74 Å². The number of aliphatic carboxylic acids is 1. The average molecular weight is 477 g/mol. The fraction of sp³-hybridized carbons (Fsp3) is 0.464. The van der Waals surface area contributed by atoms with Crippen molar-refractivity contribution in [2.24, 2.45) is 11.8 Å². The molecule has 2 saturated carbocycles. The minimum atomic E-state index is -1.05. The highest BCUT2D eigenvalue weighted by atomic mass is 16.5. The van der Waals surface area contributed by atoms with Gasteiger partial charge < -0.3 is 20.5 Å². The maximum atomic E-state index is 13.2. The number of amides is 2. The van der Waals surface area contributed by atoms with E-state index >= 15 is 0 Å². The van der Waals surface area contributed by atoms with Gasteiger partial charge in [0.05, 0.1) is 5.92 Å². The van der Waals surface area contributed by atoms with Crippen molar-refractivity contribution in [1.29, 1.82) is 0 Å². The number of nitrogens with one attached hydrogen (secondary N) is 2. The largest absolute Gasteiger partial charge is 0.481 e. The molecule has 0 bridgehead atoms. The molecule has 1 atom stereocenters. The maximum absolute atomic E-state index is 13.2. The summed E-state index contributed by atoms with van der Waals surface area (Å²) in [7, 11) is 0. The number of fused-ring (bicyclic) bond motifs is 3. The van der Waals surface area contributed by atoms with Gasteiger partial charge in [-0.1, -0.05) is 67.8 Å². The number of alkyl carbamates (subject to hydrolysis) is 1. The Morgan fingerprint density at radius 2 is 1.54 bits per heavy atom. The van der Waals surface area contributed by atoms with Gasteiger partial charge in [0.25, 0.3) is 0 Å². The number of hydrogen-bond donors (Lipinski definition) is 3. The molecule has 3 aliphatic rings. The van der Waals surface area contributed by atoms with Crippen molar-refractivity contribution in [3.63, 3.8) is 0 Å². The van der Waals surface area contributed by atoms with Crippen LogP contribution in [0.15, 0.2) is 48.5 Å². The van der Waals surface area contributed by atoms with Crippen molar-refractivity contribution in [2.75, 3.05) is 13.2 Å². The normalized spacial score (nSPS) is 19.2. The SMILES string of the molecule is O=C(NC1(C(=O)NCC(C(=O)O)C2CCC2)CCCC1)OCC1c2ccccc2-c2ccccc21. The lowest BCUT2D eigenvalue weighted by molar-refractivity contribution is -0.145. The van der Waals surface area contributed by atoms with E-state index in [9.17, 15) is 19.5 Å². The molecule has 2 aromatic carbocycles. The third-order valence-electron chi connectivity index (χ3n) is 8.10. The number of rotatable bonds is 8. The number of carboxylic acids is 1. The van der Waals surface area contributed by atoms with Gasteiger partial charge in [-0.2, -0.15) is 0 Å². The molecule has 5 rings (SSSR count). The van der Waals surface area contributed by atoms with Crippen molar-refractivity contribution in [3.8, 4) is 11.1 Å². The molecule has 1 unspecified atom stereocenters. The van der Waals surface area contributed by atoms with Crippen LogP contribution < -0.4 is 10.6 Å². The Morgan fingerprint density at radius 3 is 2.09 bits per heavy atom. The zero-order chi connectivity index (χ0) is 24.4. The van der Waals surface area contributed by atoms with Crippen LogP contribution in [0, 0.1) is 11.8 Å². The first-order valence-electron chi connectivity index (χ1n) is 12.6. The van der Waals surface area contributed by atoms with Gasteiger partial charge in [0.2, 0.25) is 5.91 Å². The second kappa shape index (κ2) is 9.72. The zero-order valence-electron chi connectivity index (χ0n) is 19.8. The van der Waals surface area contributed by atoms with Crippen LogP contribution >= 0.6 is 0 Å². The average Bonchev–Trinajstić information content (AvgIpc) is 3.42. The van der Waals surface area contributed by atoms with Gasteiger partial charge in [-0.25, -0.2) is 4.79 Å². The Labute approximate surface area is 205 Å². The molecule has 3 N–H and O–H groups in total. The van der Waals surface area contributed by atoms with Crippen LogP contribution in [-0.2, 0) is 14.3 Å². The van der Waals surface area contributed by atoms with Crippen LogP contribution in [0.4, 0.5) is 4.79 Å². The van der Waals surface area contributed by atoms with Crippen LogP contribution in [0.25, 0.3) is 11.1 Å². The van der Waals surface area contributed by atoms with Gasteiger partial charge in [0, 0.05) is 12.5 Å². The van der Waals surface area contributed by atoms with E-state index in [2.05, 4.69) is 34.9 Å². The molecular weight excluding hydrogens is 444 g/mol. The van der Waals surface area contributed by atoms with E-state index in [0.717, 1.165) is 54.4 Å². The summed E-state index contributed by atoms with van der Waals surface area (Å²) in [5, 5.41) is 15.3. The first kappa shape index (κ1) is 23.4. The van der Waals surface area contributed by atoms with Crippen LogP contribution in [0.5, 0.6) is 0 Å². The van der Waals surface area contributed by atoms with Gasteiger partial charge in [0.1, 0.15) is 12.1 Å². The number of carboxylic acid groups (broad SMARTS) is 1. The van der Waals surface area contributed by atoms with Crippen LogP contribution in [0.3, 0.4) is 0 Å². The fourth-order valence-corrected chi connectivity index (χ4v) is 5.89. The number of carbonyl (C=O) groups is 3. The van der Waals surface area contributed by atoms with Crippen LogP contribution in [0.2, 0.25) is 0 Å². The molecule has 35 heavy (non-hydrogen) atoms. The number of benzene rings is 2. The van der Waals surface area contributed by atoms with E-state index in [-0.39, 0.29) is 30.9 Å². The molecule has 7 heteroatoms. The van der Waals surface area contributed by atoms with Gasteiger partial charge in [0.15, 0.2) is 0 Å². The lowest BCUT2D eigenvalue weighted by atomic mass is 9.75. The molecule has 0 heterocycles. The maximum Gasteiger partial charge on any atom is 0.408 e. The summed E-state index contributed by atoms with van der Waals surface area (Å²) in [5.74, 6) is -1.71. The Balaban J connectivity index is 1.23. The molecule has 0 aliphatic heterocycles. The van der Waals surface area contributed by atoms with Gasteiger partial charge in [-0.15, -0.1) is 0 Å². The molecule has 2 fully saturated rings. The van der Waals surface area contributed by atoms with Crippen molar-refractivity contribution < 1.29 is 24.2 Å². The van der Waals surface area contributed by atoms with Crippen molar-refractivity contribution in [1.82, 2.24) is 10.6 Å². The molecule has 184 valence electrons. The van der Waals surface area contributed by atoms with Crippen LogP contribution in [0.1, 0.15) is 62.0 Å². The predicted octanol–water partition coefficient (Wildman–Crippen LogP) is 4.46. The summed E-state index contributed by atoms with van der Waals surface area (Å²) in [6.45, 7) is 0.271. The van der Waals surface area contributed by atoms with Crippen LogP contribution in [-0.4, -0.2) is 41.8 Å². The minimum Gasteiger partial charge on any atom is -0.481 e. The smallest absolute Gasteiger partial charge is 0.408 e. The monoisotopic (exact) mass is 476 g/mol. The second-order valence-electron chi connectivity index (χ2n) is 10.1. The number of carbonyl (C=O) groups excluding carboxylic acids is 2. The highest BCUT2D eigenvalue weighted by Gasteiger charge is 2.44. The highest BCUT2D eigenvalue weighted by molar-refractivity contribution is 5.90. The molecule has 2 aromatic rings. The summed E-state index contributed by atoms with van der Waals surface area (Å²) >= 11 is 0. The third kappa shape index (κ3) is 4.51. The standard InChI is InChI=1S/C28H32N2O5/c31-25(32)23(18-8-7-9-18)16-29-26(33)28(14-5-6-15-28)30-27(34)35-17-24-21-12-3-1-10-19(21)20-11-2-4-13-22(20)24/h1-4,10-13,18,23-24H,5-9,14-17H2,(H,29,33)(H,30,34)(H,31,32). The minimum absolute atomic E-state index is 0.0553. The summed E-state index contributed by atoms with van der Waals surface area (Å²) in [4.78, 5) is 37.7. The Kier molecular flexibility index (Phi) is 6.50. The first-order valence-corrected chi connectivity index (χ1v) is 12.6. The number of ether oxygens (including phenoxy) is 1. The molecule has 0 radical (unpaired) electrons.